The zero-order chi connectivity index (χ0) is 14.6. The van der Waals surface area contributed by atoms with Crippen molar-refractivity contribution in [2.24, 2.45) is 0 Å². The molecule has 0 saturated heterocycles. The Bertz CT molecular complexity index is 417. The molecule has 0 aliphatic rings. The smallest absolute Gasteiger partial charge is 0.231 e. The quantitative estimate of drug-likeness (QED) is 0.804. The van der Waals surface area contributed by atoms with E-state index in [9.17, 15) is 0 Å². The van der Waals surface area contributed by atoms with Crippen LogP contribution in [-0.2, 0) is 0 Å². The van der Waals surface area contributed by atoms with E-state index in [4.69, 9.17) is 11.6 Å². The van der Waals surface area contributed by atoms with Crippen molar-refractivity contribution in [2.45, 2.75) is 46.6 Å². The molecule has 0 bridgehead atoms. The van der Waals surface area contributed by atoms with E-state index in [1.54, 1.807) is 0 Å². The third-order valence-corrected chi connectivity index (χ3v) is 3.87. The summed E-state index contributed by atoms with van der Waals surface area (Å²) in [4.78, 5) is 17.1. The van der Waals surface area contributed by atoms with Crippen molar-refractivity contribution < 1.29 is 0 Å². The van der Waals surface area contributed by atoms with E-state index in [0.29, 0.717) is 11.9 Å². The molecule has 5 nitrogen and oxygen atoms in total. The van der Waals surface area contributed by atoms with Gasteiger partial charge in [-0.1, -0.05) is 6.92 Å². The van der Waals surface area contributed by atoms with Crippen LogP contribution in [0.3, 0.4) is 0 Å². The zero-order valence-electron chi connectivity index (χ0n) is 12.7. The highest BCUT2D eigenvalue weighted by molar-refractivity contribution is 6.28. The van der Waals surface area contributed by atoms with Crippen LogP contribution in [0.5, 0.6) is 0 Å². The third-order valence-electron chi connectivity index (χ3n) is 3.70. The Hall–Kier alpha value is -1.10. The van der Waals surface area contributed by atoms with Gasteiger partial charge in [-0.3, -0.25) is 0 Å². The largest absolute Gasteiger partial charge is 0.341 e. The fourth-order valence-electron chi connectivity index (χ4n) is 1.64. The van der Waals surface area contributed by atoms with Crippen LogP contribution in [-0.4, -0.2) is 40.6 Å². The first-order valence-electron chi connectivity index (χ1n) is 6.76. The fraction of sp³-hybridized carbons (Fsp3) is 0.769. The molecule has 0 unspecified atom stereocenters. The molecule has 19 heavy (non-hydrogen) atoms. The van der Waals surface area contributed by atoms with Crippen LogP contribution in [0.25, 0.3) is 0 Å². The minimum atomic E-state index is -0.0226. The predicted molar refractivity (Wildman–Crippen MR) is 81.2 cm³/mol. The Morgan fingerprint density at radius 2 is 1.53 bits per heavy atom. The van der Waals surface area contributed by atoms with Gasteiger partial charge in [0.25, 0.3) is 0 Å². The highest BCUT2D eigenvalue weighted by Crippen LogP contribution is 2.24. The molecular weight excluding hydrogens is 262 g/mol. The van der Waals surface area contributed by atoms with E-state index in [-0.39, 0.29) is 10.8 Å². The number of rotatable bonds is 6. The van der Waals surface area contributed by atoms with Crippen molar-refractivity contribution in [3.8, 4) is 0 Å². The average molecular weight is 286 g/mol. The number of nitrogens with zero attached hydrogens (tertiary/aromatic N) is 5. The summed E-state index contributed by atoms with van der Waals surface area (Å²) < 4.78 is 0. The molecular formula is C13H24ClN5. The molecule has 0 aliphatic heterocycles. The van der Waals surface area contributed by atoms with Crippen LogP contribution in [0.2, 0.25) is 5.28 Å². The SMILES string of the molecule is CCN(CC)c1nc(Cl)nc(N(C)C(C)(C)CC)n1. The number of hydrogen-bond acceptors (Lipinski definition) is 5. The Balaban J connectivity index is 3.16. The maximum absolute atomic E-state index is 6.03. The highest BCUT2D eigenvalue weighted by atomic mass is 35.5. The van der Waals surface area contributed by atoms with Gasteiger partial charge < -0.3 is 9.80 Å². The van der Waals surface area contributed by atoms with Gasteiger partial charge in [0, 0.05) is 25.7 Å². The molecule has 1 heterocycles. The molecule has 1 aromatic rings. The highest BCUT2D eigenvalue weighted by Gasteiger charge is 2.25. The molecule has 108 valence electrons. The standard InChI is InChI=1S/C13H24ClN5/c1-7-13(4,5)18(6)11-15-10(14)16-12(17-11)19(8-2)9-3/h7-9H2,1-6H3. The first-order chi connectivity index (χ1) is 8.85. The summed E-state index contributed by atoms with van der Waals surface area (Å²) in [5.41, 5.74) is -0.0226. The van der Waals surface area contributed by atoms with Crippen LogP contribution in [0.1, 0.15) is 41.0 Å². The number of anilines is 2. The van der Waals surface area contributed by atoms with Gasteiger partial charge in [0.2, 0.25) is 17.2 Å². The fourth-order valence-corrected chi connectivity index (χ4v) is 1.79. The van der Waals surface area contributed by atoms with E-state index in [0.717, 1.165) is 19.5 Å². The minimum Gasteiger partial charge on any atom is -0.341 e. The first-order valence-corrected chi connectivity index (χ1v) is 7.13. The topological polar surface area (TPSA) is 45.2 Å². The lowest BCUT2D eigenvalue weighted by Crippen LogP contribution is -2.42. The minimum absolute atomic E-state index is 0.0226. The second-order valence-corrected chi connectivity index (χ2v) is 5.44. The van der Waals surface area contributed by atoms with Gasteiger partial charge >= 0.3 is 0 Å². The van der Waals surface area contributed by atoms with E-state index >= 15 is 0 Å². The van der Waals surface area contributed by atoms with E-state index < -0.39 is 0 Å². The third kappa shape index (κ3) is 3.69. The van der Waals surface area contributed by atoms with E-state index in [1.165, 1.54) is 0 Å². The van der Waals surface area contributed by atoms with Gasteiger partial charge in [0.1, 0.15) is 0 Å². The maximum atomic E-state index is 6.03. The van der Waals surface area contributed by atoms with Crippen molar-refractivity contribution in [3.05, 3.63) is 5.28 Å². The van der Waals surface area contributed by atoms with Crippen molar-refractivity contribution in [3.63, 3.8) is 0 Å². The molecule has 0 fully saturated rings. The molecule has 6 heteroatoms. The van der Waals surface area contributed by atoms with Crippen molar-refractivity contribution in [1.29, 1.82) is 0 Å². The van der Waals surface area contributed by atoms with E-state index in [2.05, 4.69) is 54.5 Å². The zero-order valence-corrected chi connectivity index (χ0v) is 13.5. The summed E-state index contributed by atoms with van der Waals surface area (Å²) >= 11 is 6.03. The summed E-state index contributed by atoms with van der Waals surface area (Å²) in [6.07, 6.45) is 0.993. The van der Waals surface area contributed by atoms with Gasteiger partial charge in [-0.05, 0) is 45.7 Å². The van der Waals surface area contributed by atoms with E-state index in [1.807, 2.05) is 11.9 Å². The predicted octanol–water partition coefficient (Wildman–Crippen LogP) is 3.00. The average Bonchev–Trinajstić information content (AvgIpc) is 2.38. The maximum Gasteiger partial charge on any atom is 0.231 e. The molecule has 0 aromatic carbocycles. The second-order valence-electron chi connectivity index (χ2n) is 5.10. The number of halogens is 1. The van der Waals surface area contributed by atoms with Gasteiger partial charge in [0.15, 0.2) is 0 Å². The normalized spacial score (nSPS) is 11.5. The molecule has 1 rings (SSSR count). The van der Waals surface area contributed by atoms with Crippen LogP contribution in [0, 0.1) is 0 Å². The summed E-state index contributed by atoms with van der Waals surface area (Å²) in [6.45, 7) is 12.3. The second kappa shape index (κ2) is 6.37. The molecule has 1 aromatic heterocycles. The van der Waals surface area contributed by atoms with Crippen LogP contribution < -0.4 is 9.80 Å². The Labute approximate surface area is 121 Å². The van der Waals surface area contributed by atoms with Gasteiger partial charge in [0.05, 0.1) is 0 Å². The van der Waals surface area contributed by atoms with Crippen LogP contribution in [0.4, 0.5) is 11.9 Å². The molecule has 0 aliphatic carbocycles. The van der Waals surface area contributed by atoms with Crippen LogP contribution >= 0.6 is 11.6 Å². The molecule has 0 radical (unpaired) electrons. The Morgan fingerprint density at radius 3 is 2.00 bits per heavy atom. The summed E-state index contributed by atoms with van der Waals surface area (Å²) in [6, 6.07) is 0. The lowest BCUT2D eigenvalue weighted by Gasteiger charge is -2.35. The number of hydrogen-bond donors (Lipinski definition) is 0. The molecule has 0 amide bonds. The molecule has 0 atom stereocenters. The first kappa shape index (κ1) is 16.0. The lowest BCUT2D eigenvalue weighted by molar-refractivity contribution is 0.462. The molecule has 0 N–H and O–H groups in total. The van der Waals surface area contributed by atoms with Crippen LogP contribution in [0.15, 0.2) is 0 Å². The molecule has 0 spiro atoms. The Morgan fingerprint density at radius 1 is 1.00 bits per heavy atom. The van der Waals surface area contributed by atoms with Gasteiger partial charge in [-0.25, -0.2) is 0 Å². The van der Waals surface area contributed by atoms with Gasteiger partial charge in [-0.15, -0.1) is 0 Å². The van der Waals surface area contributed by atoms with Crippen molar-refractivity contribution in [2.75, 3.05) is 29.9 Å². The summed E-state index contributed by atoms with van der Waals surface area (Å²) in [7, 11) is 1.99. The summed E-state index contributed by atoms with van der Waals surface area (Å²) in [5.74, 6) is 1.26. The van der Waals surface area contributed by atoms with Gasteiger partial charge in [-0.2, -0.15) is 15.0 Å². The molecule has 0 saturated carbocycles. The Kier molecular flexibility index (Phi) is 5.35. The van der Waals surface area contributed by atoms with Crippen molar-refractivity contribution in [1.82, 2.24) is 15.0 Å². The summed E-state index contributed by atoms with van der Waals surface area (Å²) in [5, 5.41) is 0.241. The monoisotopic (exact) mass is 285 g/mol. The lowest BCUT2D eigenvalue weighted by atomic mass is 10.0. The number of aromatic nitrogens is 3. The van der Waals surface area contributed by atoms with Crippen molar-refractivity contribution >= 4 is 23.5 Å².